The lowest BCUT2D eigenvalue weighted by molar-refractivity contribution is 0.159. The van der Waals surface area contributed by atoms with E-state index in [1.807, 2.05) is 37.3 Å². The van der Waals surface area contributed by atoms with E-state index >= 15 is 0 Å². The van der Waals surface area contributed by atoms with Gasteiger partial charge in [0.05, 0.1) is 4.90 Å². The molecular weight excluding hydrogens is 336 g/mol. The molecule has 0 N–H and O–H groups in total. The van der Waals surface area contributed by atoms with Crippen LogP contribution in [0, 0.1) is 6.92 Å². The lowest BCUT2D eigenvalue weighted by Gasteiger charge is -2.33. The first-order valence-corrected chi connectivity index (χ1v) is 9.97. The zero-order chi connectivity index (χ0) is 17.7. The Balaban J connectivity index is 1.46. The van der Waals surface area contributed by atoms with Gasteiger partial charge in [0, 0.05) is 32.7 Å². The molecule has 0 radical (unpaired) electrons. The summed E-state index contributed by atoms with van der Waals surface area (Å²) in [7, 11) is -3.38. The quantitative estimate of drug-likeness (QED) is 0.794. The van der Waals surface area contributed by atoms with Gasteiger partial charge < -0.3 is 4.74 Å². The molecule has 0 spiro atoms. The van der Waals surface area contributed by atoms with Crippen LogP contribution in [0.5, 0.6) is 5.75 Å². The van der Waals surface area contributed by atoms with Crippen molar-refractivity contribution in [3.05, 3.63) is 60.2 Å². The molecular formula is C19H24N2O3S. The molecule has 134 valence electrons. The lowest BCUT2D eigenvalue weighted by atomic mass is 10.2. The Morgan fingerprint density at radius 1 is 0.920 bits per heavy atom. The van der Waals surface area contributed by atoms with Crippen molar-refractivity contribution < 1.29 is 13.2 Å². The molecule has 0 bridgehead atoms. The van der Waals surface area contributed by atoms with Gasteiger partial charge in [-0.2, -0.15) is 4.31 Å². The second-order valence-corrected chi connectivity index (χ2v) is 8.16. The number of hydrogen-bond acceptors (Lipinski definition) is 4. The van der Waals surface area contributed by atoms with Crippen LogP contribution in [-0.4, -0.2) is 57.0 Å². The minimum Gasteiger partial charge on any atom is -0.492 e. The Morgan fingerprint density at radius 2 is 1.56 bits per heavy atom. The maximum Gasteiger partial charge on any atom is 0.243 e. The van der Waals surface area contributed by atoms with Crippen LogP contribution in [0.2, 0.25) is 0 Å². The van der Waals surface area contributed by atoms with Gasteiger partial charge in [-0.1, -0.05) is 35.9 Å². The van der Waals surface area contributed by atoms with Crippen molar-refractivity contribution in [3.63, 3.8) is 0 Å². The second-order valence-electron chi connectivity index (χ2n) is 6.22. The Labute approximate surface area is 149 Å². The van der Waals surface area contributed by atoms with Crippen molar-refractivity contribution in [2.45, 2.75) is 11.8 Å². The number of aryl methyl sites for hydroxylation is 1. The van der Waals surface area contributed by atoms with E-state index in [1.165, 1.54) is 5.56 Å². The summed E-state index contributed by atoms with van der Waals surface area (Å²) in [5.74, 6) is 0.871. The maximum atomic E-state index is 12.6. The minimum absolute atomic E-state index is 0.367. The van der Waals surface area contributed by atoms with Gasteiger partial charge in [-0.25, -0.2) is 8.42 Å². The van der Waals surface area contributed by atoms with E-state index < -0.39 is 10.0 Å². The van der Waals surface area contributed by atoms with Crippen LogP contribution in [-0.2, 0) is 10.0 Å². The highest BCUT2D eigenvalue weighted by Gasteiger charge is 2.28. The van der Waals surface area contributed by atoms with Crippen molar-refractivity contribution in [1.82, 2.24) is 9.21 Å². The van der Waals surface area contributed by atoms with Crippen LogP contribution in [0.15, 0.2) is 59.5 Å². The summed E-state index contributed by atoms with van der Waals surface area (Å²) in [6, 6.07) is 16.6. The Bertz CT molecular complexity index is 768. The number of rotatable bonds is 6. The van der Waals surface area contributed by atoms with Crippen molar-refractivity contribution in [1.29, 1.82) is 0 Å². The van der Waals surface area contributed by atoms with E-state index in [0.717, 1.165) is 25.4 Å². The molecule has 0 saturated carbocycles. The molecule has 0 amide bonds. The summed E-state index contributed by atoms with van der Waals surface area (Å²) in [5.41, 5.74) is 1.21. The summed E-state index contributed by atoms with van der Waals surface area (Å²) >= 11 is 0. The fourth-order valence-electron chi connectivity index (χ4n) is 2.86. The van der Waals surface area contributed by atoms with Gasteiger partial charge >= 0.3 is 0 Å². The van der Waals surface area contributed by atoms with Crippen molar-refractivity contribution in [3.8, 4) is 5.75 Å². The van der Waals surface area contributed by atoms with Gasteiger partial charge in [-0.15, -0.1) is 0 Å². The van der Waals surface area contributed by atoms with E-state index in [1.54, 1.807) is 28.6 Å². The van der Waals surface area contributed by atoms with Gasteiger partial charge in [0.25, 0.3) is 0 Å². The van der Waals surface area contributed by atoms with E-state index in [0.29, 0.717) is 24.6 Å². The van der Waals surface area contributed by atoms with Crippen molar-refractivity contribution >= 4 is 10.0 Å². The monoisotopic (exact) mass is 360 g/mol. The fourth-order valence-corrected chi connectivity index (χ4v) is 4.31. The third-order valence-electron chi connectivity index (χ3n) is 4.41. The molecule has 1 aliphatic rings. The predicted molar refractivity (Wildman–Crippen MR) is 98.3 cm³/mol. The highest BCUT2D eigenvalue weighted by atomic mass is 32.2. The topological polar surface area (TPSA) is 49.9 Å². The highest BCUT2D eigenvalue weighted by Crippen LogP contribution is 2.17. The van der Waals surface area contributed by atoms with Gasteiger partial charge in [0.1, 0.15) is 12.4 Å². The first kappa shape index (κ1) is 17.9. The van der Waals surface area contributed by atoms with Crippen LogP contribution in [0.4, 0.5) is 0 Å². The first-order chi connectivity index (χ1) is 12.1. The SMILES string of the molecule is Cc1ccc(OCCN2CCN(S(=O)(=O)c3ccccc3)CC2)cc1. The summed E-state index contributed by atoms with van der Waals surface area (Å²) in [6.45, 7) is 5.94. The third-order valence-corrected chi connectivity index (χ3v) is 6.32. The molecule has 0 atom stereocenters. The smallest absolute Gasteiger partial charge is 0.243 e. The van der Waals surface area contributed by atoms with Crippen molar-refractivity contribution in [2.75, 3.05) is 39.3 Å². The zero-order valence-corrected chi connectivity index (χ0v) is 15.3. The number of piperazine rings is 1. The average Bonchev–Trinajstić information content (AvgIpc) is 2.64. The van der Waals surface area contributed by atoms with Gasteiger partial charge in [-0.05, 0) is 31.2 Å². The molecule has 1 saturated heterocycles. The van der Waals surface area contributed by atoms with E-state index in [-0.39, 0.29) is 0 Å². The molecule has 0 aliphatic carbocycles. The fraction of sp³-hybridized carbons (Fsp3) is 0.368. The first-order valence-electron chi connectivity index (χ1n) is 8.53. The minimum atomic E-state index is -3.38. The molecule has 2 aromatic carbocycles. The molecule has 2 aromatic rings. The summed E-state index contributed by atoms with van der Waals surface area (Å²) in [5, 5.41) is 0. The molecule has 1 fully saturated rings. The zero-order valence-electron chi connectivity index (χ0n) is 14.5. The maximum absolute atomic E-state index is 12.6. The average molecular weight is 360 g/mol. The second kappa shape index (κ2) is 7.99. The molecule has 0 aromatic heterocycles. The molecule has 0 unspecified atom stereocenters. The third kappa shape index (κ3) is 4.60. The molecule has 1 aliphatic heterocycles. The van der Waals surface area contributed by atoms with Gasteiger partial charge in [0.2, 0.25) is 10.0 Å². The van der Waals surface area contributed by atoms with E-state index in [2.05, 4.69) is 4.90 Å². The Morgan fingerprint density at radius 3 is 2.20 bits per heavy atom. The van der Waals surface area contributed by atoms with Crippen LogP contribution < -0.4 is 4.74 Å². The van der Waals surface area contributed by atoms with Crippen LogP contribution in [0.1, 0.15) is 5.56 Å². The Hall–Kier alpha value is -1.89. The molecule has 3 rings (SSSR count). The predicted octanol–water partition coefficient (Wildman–Crippen LogP) is 2.38. The van der Waals surface area contributed by atoms with Crippen LogP contribution >= 0.6 is 0 Å². The van der Waals surface area contributed by atoms with Gasteiger partial charge in [-0.3, -0.25) is 4.90 Å². The number of benzene rings is 2. The normalized spacial score (nSPS) is 16.7. The summed E-state index contributed by atoms with van der Waals surface area (Å²) in [4.78, 5) is 2.61. The number of sulfonamides is 1. The van der Waals surface area contributed by atoms with Crippen LogP contribution in [0.3, 0.4) is 0 Å². The van der Waals surface area contributed by atoms with E-state index in [9.17, 15) is 8.42 Å². The lowest BCUT2D eigenvalue weighted by Crippen LogP contribution is -2.49. The number of hydrogen-bond donors (Lipinski definition) is 0. The largest absolute Gasteiger partial charge is 0.492 e. The standard InChI is InChI=1S/C19H24N2O3S/c1-17-7-9-18(10-8-17)24-16-15-20-11-13-21(14-12-20)25(22,23)19-5-3-2-4-6-19/h2-10H,11-16H2,1H3. The summed E-state index contributed by atoms with van der Waals surface area (Å²) in [6.07, 6.45) is 0. The van der Waals surface area contributed by atoms with Gasteiger partial charge in [0.15, 0.2) is 0 Å². The number of ether oxygens (including phenoxy) is 1. The number of nitrogens with zero attached hydrogens (tertiary/aromatic N) is 2. The van der Waals surface area contributed by atoms with Crippen molar-refractivity contribution in [2.24, 2.45) is 0 Å². The molecule has 1 heterocycles. The summed E-state index contributed by atoms with van der Waals surface area (Å²) < 4.78 is 32.5. The molecule has 5 nitrogen and oxygen atoms in total. The van der Waals surface area contributed by atoms with E-state index in [4.69, 9.17) is 4.74 Å². The molecule has 6 heteroatoms. The highest BCUT2D eigenvalue weighted by molar-refractivity contribution is 7.89. The molecule has 25 heavy (non-hydrogen) atoms. The Kier molecular flexibility index (Phi) is 5.73. The van der Waals surface area contributed by atoms with Crippen LogP contribution in [0.25, 0.3) is 0 Å².